The van der Waals surface area contributed by atoms with Crippen LogP contribution in [0.3, 0.4) is 0 Å². The van der Waals surface area contributed by atoms with Crippen LogP contribution in [0.4, 0.5) is 0 Å². The van der Waals surface area contributed by atoms with Crippen molar-refractivity contribution in [3.63, 3.8) is 0 Å². The van der Waals surface area contributed by atoms with Crippen molar-refractivity contribution in [2.75, 3.05) is 6.26 Å². The van der Waals surface area contributed by atoms with Crippen LogP contribution in [-0.4, -0.2) is 15.4 Å². The molecular formula is C8H15IS. The first-order valence-corrected chi connectivity index (χ1v) is 6.42. The molecule has 3 unspecified atom stereocenters. The van der Waals surface area contributed by atoms with Gasteiger partial charge in [0.2, 0.25) is 0 Å². The van der Waals surface area contributed by atoms with Crippen LogP contribution >= 0.6 is 34.4 Å². The van der Waals surface area contributed by atoms with Gasteiger partial charge in [-0.3, -0.25) is 0 Å². The highest BCUT2D eigenvalue weighted by Gasteiger charge is 2.23. The molecule has 0 heterocycles. The van der Waals surface area contributed by atoms with Crippen LogP contribution in [0.25, 0.3) is 0 Å². The molecular weight excluding hydrogens is 255 g/mol. The summed E-state index contributed by atoms with van der Waals surface area (Å²) in [5.74, 6) is 0.966. The lowest BCUT2D eigenvalue weighted by molar-refractivity contribution is 0.412. The zero-order chi connectivity index (χ0) is 7.56. The lowest BCUT2D eigenvalue weighted by atomic mass is 9.90. The molecule has 60 valence electrons. The highest BCUT2D eigenvalue weighted by molar-refractivity contribution is 14.1. The van der Waals surface area contributed by atoms with Gasteiger partial charge >= 0.3 is 0 Å². The molecule has 1 saturated carbocycles. The average molecular weight is 270 g/mol. The molecule has 3 atom stereocenters. The number of hydrogen-bond acceptors (Lipinski definition) is 1. The maximum Gasteiger partial charge on any atom is 0.0123 e. The molecule has 0 amide bonds. The molecule has 0 saturated heterocycles. The Hall–Kier alpha value is 1.08. The van der Waals surface area contributed by atoms with E-state index in [9.17, 15) is 0 Å². The summed E-state index contributed by atoms with van der Waals surface area (Å²) in [5.41, 5.74) is 0. The van der Waals surface area contributed by atoms with Gasteiger partial charge in [0.15, 0.2) is 0 Å². The summed E-state index contributed by atoms with van der Waals surface area (Å²) < 4.78 is 0.943. The Kier molecular flexibility index (Phi) is 3.84. The van der Waals surface area contributed by atoms with Crippen molar-refractivity contribution in [1.82, 2.24) is 0 Å². The van der Waals surface area contributed by atoms with Crippen LogP contribution in [0.5, 0.6) is 0 Å². The fraction of sp³-hybridized carbons (Fsp3) is 1.00. The van der Waals surface area contributed by atoms with Crippen molar-refractivity contribution in [3.05, 3.63) is 0 Å². The lowest BCUT2D eigenvalue weighted by Gasteiger charge is -2.29. The minimum atomic E-state index is 0.943. The topological polar surface area (TPSA) is 0 Å². The second-order valence-corrected chi connectivity index (χ2v) is 6.17. The van der Waals surface area contributed by atoms with Gasteiger partial charge in [-0.15, -0.1) is 0 Å². The Morgan fingerprint density at radius 2 is 2.00 bits per heavy atom. The molecule has 0 nitrogen and oxygen atoms in total. The zero-order valence-electron chi connectivity index (χ0n) is 6.64. The molecule has 1 rings (SSSR count). The average Bonchev–Trinajstić information content (AvgIpc) is 1.85. The molecule has 0 aliphatic heterocycles. The number of rotatable bonds is 1. The van der Waals surface area contributed by atoms with Gasteiger partial charge in [-0.2, -0.15) is 11.8 Å². The molecule has 0 radical (unpaired) electrons. The van der Waals surface area contributed by atoms with Gasteiger partial charge in [0.25, 0.3) is 0 Å². The summed E-state index contributed by atoms with van der Waals surface area (Å²) in [6, 6.07) is 0. The van der Waals surface area contributed by atoms with Gasteiger partial charge in [0, 0.05) is 9.17 Å². The van der Waals surface area contributed by atoms with Gasteiger partial charge in [-0.1, -0.05) is 29.5 Å². The Morgan fingerprint density at radius 3 is 2.50 bits per heavy atom. The largest absolute Gasteiger partial charge is 0.162 e. The summed E-state index contributed by atoms with van der Waals surface area (Å²) in [6.45, 7) is 2.38. The third kappa shape index (κ3) is 2.61. The fourth-order valence-corrected chi connectivity index (χ4v) is 4.42. The third-order valence-electron chi connectivity index (χ3n) is 2.18. The first-order valence-electron chi connectivity index (χ1n) is 3.89. The van der Waals surface area contributed by atoms with E-state index < -0.39 is 0 Å². The SMILES string of the molecule is CSC1CC(C)CC(I)C1. The molecule has 1 aliphatic rings. The Bertz CT molecular complexity index is 95.4. The van der Waals surface area contributed by atoms with E-state index in [1.54, 1.807) is 0 Å². The van der Waals surface area contributed by atoms with E-state index in [0.717, 1.165) is 15.1 Å². The van der Waals surface area contributed by atoms with E-state index in [1.807, 2.05) is 11.8 Å². The van der Waals surface area contributed by atoms with Crippen LogP contribution < -0.4 is 0 Å². The van der Waals surface area contributed by atoms with E-state index in [1.165, 1.54) is 19.3 Å². The molecule has 1 aliphatic carbocycles. The maximum atomic E-state index is 2.60. The molecule has 0 bridgehead atoms. The predicted octanol–water partition coefficient (Wildman–Crippen LogP) is 3.34. The standard InChI is InChI=1S/C8H15IS/c1-6-3-7(9)5-8(4-6)10-2/h6-8H,3-5H2,1-2H3. The summed E-state index contributed by atoms with van der Waals surface area (Å²) in [6.07, 6.45) is 6.57. The van der Waals surface area contributed by atoms with Crippen molar-refractivity contribution in [2.24, 2.45) is 5.92 Å². The quantitative estimate of drug-likeness (QED) is 0.520. The number of hydrogen-bond donors (Lipinski definition) is 0. The molecule has 1 fully saturated rings. The van der Waals surface area contributed by atoms with E-state index in [-0.39, 0.29) is 0 Å². The molecule has 0 N–H and O–H groups in total. The van der Waals surface area contributed by atoms with Crippen LogP contribution in [0.1, 0.15) is 26.2 Å². The van der Waals surface area contributed by atoms with E-state index >= 15 is 0 Å². The van der Waals surface area contributed by atoms with Crippen LogP contribution in [0.15, 0.2) is 0 Å². The van der Waals surface area contributed by atoms with Crippen molar-refractivity contribution < 1.29 is 0 Å². The normalized spacial score (nSPS) is 41.7. The summed E-state index contributed by atoms with van der Waals surface area (Å²) in [4.78, 5) is 0. The van der Waals surface area contributed by atoms with Crippen LogP contribution in [-0.2, 0) is 0 Å². The molecule has 0 spiro atoms. The van der Waals surface area contributed by atoms with E-state index in [2.05, 4.69) is 35.8 Å². The van der Waals surface area contributed by atoms with Gasteiger partial charge in [0.05, 0.1) is 0 Å². The third-order valence-corrected chi connectivity index (χ3v) is 4.24. The number of thioether (sulfide) groups is 1. The molecule has 0 aromatic carbocycles. The Labute approximate surface area is 81.7 Å². The van der Waals surface area contributed by atoms with Crippen LogP contribution in [0, 0.1) is 5.92 Å². The second-order valence-electron chi connectivity index (χ2n) is 3.27. The highest BCUT2D eigenvalue weighted by Crippen LogP contribution is 2.34. The van der Waals surface area contributed by atoms with E-state index in [4.69, 9.17) is 0 Å². The van der Waals surface area contributed by atoms with Crippen molar-refractivity contribution in [1.29, 1.82) is 0 Å². The van der Waals surface area contributed by atoms with Crippen LogP contribution in [0.2, 0.25) is 0 Å². The first-order chi connectivity index (χ1) is 4.72. The smallest absolute Gasteiger partial charge is 0.0123 e. The van der Waals surface area contributed by atoms with Gasteiger partial charge in [-0.25, -0.2) is 0 Å². The fourth-order valence-electron chi connectivity index (χ4n) is 1.65. The predicted molar refractivity (Wildman–Crippen MR) is 58.1 cm³/mol. The number of halogens is 1. The molecule has 0 aromatic heterocycles. The van der Waals surface area contributed by atoms with Crippen molar-refractivity contribution in [3.8, 4) is 0 Å². The van der Waals surface area contributed by atoms with Crippen molar-refractivity contribution >= 4 is 34.4 Å². The number of alkyl halides is 1. The van der Waals surface area contributed by atoms with E-state index in [0.29, 0.717) is 0 Å². The molecule has 0 aromatic rings. The van der Waals surface area contributed by atoms with Crippen molar-refractivity contribution in [2.45, 2.75) is 35.4 Å². The lowest BCUT2D eigenvalue weighted by Crippen LogP contribution is -2.22. The molecule has 10 heavy (non-hydrogen) atoms. The Balaban J connectivity index is 2.35. The monoisotopic (exact) mass is 270 g/mol. The highest BCUT2D eigenvalue weighted by atomic mass is 127. The van der Waals surface area contributed by atoms with Gasteiger partial charge in [0.1, 0.15) is 0 Å². The Morgan fingerprint density at radius 1 is 1.30 bits per heavy atom. The minimum absolute atomic E-state index is 0.943. The minimum Gasteiger partial charge on any atom is -0.162 e. The van der Waals surface area contributed by atoms with Gasteiger partial charge in [-0.05, 0) is 31.4 Å². The maximum absolute atomic E-state index is 2.60. The summed E-state index contributed by atoms with van der Waals surface area (Å²) in [7, 11) is 0. The zero-order valence-corrected chi connectivity index (χ0v) is 9.61. The molecule has 2 heteroatoms. The van der Waals surface area contributed by atoms with Gasteiger partial charge < -0.3 is 0 Å². The second kappa shape index (κ2) is 4.19. The summed E-state index contributed by atoms with van der Waals surface area (Å²) in [5, 5.41) is 0.950. The summed E-state index contributed by atoms with van der Waals surface area (Å²) >= 11 is 4.65. The first kappa shape index (κ1) is 9.17.